The molecule has 8 heteroatoms. The minimum absolute atomic E-state index is 0.0334. The SMILES string of the molecule is Cc1cc(C)c(N2CCC(NC(=O)c3cnc(C(=O)O)cn3)C2=O)c(C)c1. The number of nitrogens with zero attached hydrogens (tertiary/aromatic N) is 3. The first-order chi connectivity index (χ1) is 12.8. The lowest BCUT2D eigenvalue weighted by Gasteiger charge is -2.22. The monoisotopic (exact) mass is 368 g/mol. The highest BCUT2D eigenvalue weighted by Gasteiger charge is 2.35. The number of nitrogens with one attached hydrogen (secondary N) is 1. The van der Waals surface area contributed by atoms with Crippen LogP contribution in [0.5, 0.6) is 0 Å². The highest BCUT2D eigenvalue weighted by Crippen LogP contribution is 2.30. The maximum atomic E-state index is 12.8. The number of amides is 2. The molecule has 3 rings (SSSR count). The molecule has 1 unspecified atom stereocenters. The number of hydrogen-bond acceptors (Lipinski definition) is 5. The van der Waals surface area contributed by atoms with Crippen LogP contribution in [0.15, 0.2) is 24.5 Å². The molecule has 2 aromatic rings. The molecule has 1 aliphatic rings. The minimum atomic E-state index is -1.22. The number of carbonyl (C=O) groups is 3. The maximum Gasteiger partial charge on any atom is 0.356 e. The molecule has 1 atom stereocenters. The van der Waals surface area contributed by atoms with Gasteiger partial charge in [0.15, 0.2) is 5.69 Å². The van der Waals surface area contributed by atoms with Gasteiger partial charge >= 0.3 is 5.97 Å². The van der Waals surface area contributed by atoms with Gasteiger partial charge in [-0.25, -0.2) is 14.8 Å². The topological polar surface area (TPSA) is 112 Å². The summed E-state index contributed by atoms with van der Waals surface area (Å²) in [6.45, 7) is 6.45. The zero-order chi connectivity index (χ0) is 19.7. The van der Waals surface area contributed by atoms with E-state index in [9.17, 15) is 14.4 Å². The number of rotatable bonds is 4. The summed E-state index contributed by atoms with van der Waals surface area (Å²) >= 11 is 0. The van der Waals surface area contributed by atoms with Crippen LogP contribution in [0.1, 0.15) is 44.1 Å². The van der Waals surface area contributed by atoms with Crippen LogP contribution in [0, 0.1) is 20.8 Å². The predicted octanol–water partition coefficient (Wildman–Crippen LogP) is 1.64. The van der Waals surface area contributed by atoms with E-state index in [1.165, 1.54) is 0 Å². The molecule has 2 amide bonds. The fourth-order valence-electron chi connectivity index (χ4n) is 3.42. The Labute approximate surface area is 156 Å². The van der Waals surface area contributed by atoms with Gasteiger partial charge in [-0.2, -0.15) is 0 Å². The standard InChI is InChI=1S/C19H20N4O4/c1-10-6-11(2)16(12(3)7-10)23-5-4-13(18(23)25)22-17(24)14-8-21-15(9-20-14)19(26)27/h6-9,13H,4-5H2,1-3H3,(H,22,24)(H,26,27). The number of aromatic nitrogens is 2. The second kappa shape index (κ2) is 7.14. The fraction of sp³-hybridized carbons (Fsp3) is 0.316. The summed E-state index contributed by atoms with van der Waals surface area (Å²) < 4.78 is 0. The second-order valence-corrected chi connectivity index (χ2v) is 6.64. The second-order valence-electron chi connectivity index (χ2n) is 6.64. The van der Waals surface area contributed by atoms with E-state index in [-0.39, 0.29) is 17.3 Å². The molecule has 1 aromatic carbocycles. The van der Waals surface area contributed by atoms with Crippen LogP contribution in [0.3, 0.4) is 0 Å². The molecule has 0 aliphatic carbocycles. The minimum Gasteiger partial charge on any atom is -0.476 e. The van der Waals surface area contributed by atoms with Crippen molar-refractivity contribution in [1.29, 1.82) is 0 Å². The highest BCUT2D eigenvalue weighted by atomic mass is 16.4. The predicted molar refractivity (Wildman–Crippen MR) is 97.9 cm³/mol. The van der Waals surface area contributed by atoms with Crippen molar-refractivity contribution >= 4 is 23.5 Å². The Morgan fingerprint density at radius 2 is 1.70 bits per heavy atom. The summed E-state index contributed by atoms with van der Waals surface area (Å²) in [4.78, 5) is 45.1. The van der Waals surface area contributed by atoms with E-state index in [0.717, 1.165) is 34.8 Å². The Bertz CT molecular complexity index is 901. The largest absolute Gasteiger partial charge is 0.476 e. The third kappa shape index (κ3) is 3.64. The molecule has 1 saturated heterocycles. The van der Waals surface area contributed by atoms with Crippen molar-refractivity contribution in [2.24, 2.45) is 0 Å². The number of carboxylic acid groups (broad SMARTS) is 1. The van der Waals surface area contributed by atoms with E-state index >= 15 is 0 Å². The normalized spacial score (nSPS) is 16.5. The van der Waals surface area contributed by atoms with Crippen LogP contribution in [0.4, 0.5) is 5.69 Å². The third-order valence-electron chi connectivity index (χ3n) is 4.52. The van der Waals surface area contributed by atoms with Gasteiger partial charge in [0.25, 0.3) is 5.91 Å². The van der Waals surface area contributed by atoms with Gasteiger partial charge < -0.3 is 15.3 Å². The van der Waals surface area contributed by atoms with E-state index in [1.54, 1.807) is 4.90 Å². The Balaban J connectivity index is 1.74. The lowest BCUT2D eigenvalue weighted by atomic mass is 10.0. The average Bonchev–Trinajstić information content (AvgIpc) is 2.95. The average molecular weight is 368 g/mol. The van der Waals surface area contributed by atoms with Crippen molar-refractivity contribution in [1.82, 2.24) is 15.3 Å². The lowest BCUT2D eigenvalue weighted by molar-refractivity contribution is -0.118. The van der Waals surface area contributed by atoms with Crippen LogP contribution in [0.25, 0.3) is 0 Å². The van der Waals surface area contributed by atoms with Gasteiger partial charge in [-0.05, 0) is 38.3 Å². The lowest BCUT2D eigenvalue weighted by Crippen LogP contribution is -2.42. The zero-order valence-corrected chi connectivity index (χ0v) is 15.3. The summed E-state index contributed by atoms with van der Waals surface area (Å²) in [5.74, 6) is -1.95. The molecule has 1 fully saturated rings. The molecule has 0 saturated carbocycles. The van der Waals surface area contributed by atoms with Gasteiger partial charge in [0.05, 0.1) is 12.4 Å². The Morgan fingerprint density at radius 3 is 2.26 bits per heavy atom. The Hall–Kier alpha value is -3.29. The first-order valence-electron chi connectivity index (χ1n) is 8.53. The van der Waals surface area contributed by atoms with Crippen molar-refractivity contribution in [2.75, 3.05) is 11.4 Å². The highest BCUT2D eigenvalue weighted by molar-refractivity contribution is 6.04. The van der Waals surface area contributed by atoms with E-state index in [1.807, 2.05) is 32.9 Å². The molecule has 0 radical (unpaired) electrons. The number of carboxylic acids is 1. The summed E-state index contributed by atoms with van der Waals surface area (Å²) in [6.07, 6.45) is 2.58. The zero-order valence-electron chi connectivity index (χ0n) is 15.3. The Morgan fingerprint density at radius 1 is 1.11 bits per heavy atom. The number of aromatic carboxylic acids is 1. The van der Waals surface area contributed by atoms with Crippen molar-refractivity contribution in [3.63, 3.8) is 0 Å². The summed E-state index contributed by atoms with van der Waals surface area (Å²) in [5.41, 5.74) is 3.77. The first-order valence-corrected chi connectivity index (χ1v) is 8.53. The molecule has 8 nitrogen and oxygen atoms in total. The van der Waals surface area contributed by atoms with Gasteiger partial charge in [0, 0.05) is 12.2 Å². The molecule has 1 aromatic heterocycles. The van der Waals surface area contributed by atoms with Crippen molar-refractivity contribution in [2.45, 2.75) is 33.2 Å². The molecule has 0 bridgehead atoms. The first kappa shape index (κ1) is 18.5. The molecule has 2 N–H and O–H groups in total. The molecular weight excluding hydrogens is 348 g/mol. The van der Waals surface area contributed by atoms with Gasteiger partial charge in [-0.3, -0.25) is 9.59 Å². The molecular formula is C19H20N4O4. The van der Waals surface area contributed by atoms with Gasteiger partial charge in [-0.1, -0.05) is 17.7 Å². The molecule has 2 heterocycles. The smallest absolute Gasteiger partial charge is 0.356 e. The van der Waals surface area contributed by atoms with Gasteiger partial charge in [-0.15, -0.1) is 0 Å². The van der Waals surface area contributed by atoms with Crippen LogP contribution < -0.4 is 10.2 Å². The molecule has 1 aliphatic heterocycles. The van der Waals surface area contributed by atoms with E-state index in [2.05, 4.69) is 15.3 Å². The maximum absolute atomic E-state index is 12.8. The quantitative estimate of drug-likeness (QED) is 0.848. The summed E-state index contributed by atoms with van der Waals surface area (Å²) in [5, 5.41) is 11.5. The van der Waals surface area contributed by atoms with E-state index in [0.29, 0.717) is 13.0 Å². The van der Waals surface area contributed by atoms with E-state index in [4.69, 9.17) is 5.11 Å². The third-order valence-corrected chi connectivity index (χ3v) is 4.52. The van der Waals surface area contributed by atoms with Gasteiger partial charge in [0.1, 0.15) is 11.7 Å². The molecule has 140 valence electrons. The fourth-order valence-corrected chi connectivity index (χ4v) is 3.42. The Kier molecular flexibility index (Phi) is 4.89. The molecule has 0 spiro atoms. The number of benzene rings is 1. The van der Waals surface area contributed by atoms with Crippen LogP contribution >= 0.6 is 0 Å². The van der Waals surface area contributed by atoms with Crippen LogP contribution in [-0.2, 0) is 4.79 Å². The number of aryl methyl sites for hydroxylation is 3. The number of carbonyl (C=O) groups excluding carboxylic acids is 2. The van der Waals surface area contributed by atoms with Crippen molar-refractivity contribution < 1.29 is 19.5 Å². The summed E-state index contributed by atoms with van der Waals surface area (Å²) in [7, 11) is 0. The number of hydrogen-bond donors (Lipinski definition) is 2. The van der Waals surface area contributed by atoms with Crippen molar-refractivity contribution in [3.05, 3.63) is 52.6 Å². The van der Waals surface area contributed by atoms with E-state index < -0.39 is 17.9 Å². The molecule has 27 heavy (non-hydrogen) atoms. The summed E-state index contributed by atoms with van der Waals surface area (Å²) in [6, 6.07) is 3.40. The van der Waals surface area contributed by atoms with Gasteiger partial charge in [0.2, 0.25) is 5.91 Å². The van der Waals surface area contributed by atoms with Crippen LogP contribution in [-0.4, -0.2) is 45.4 Å². The van der Waals surface area contributed by atoms with Crippen LogP contribution in [0.2, 0.25) is 0 Å². The van der Waals surface area contributed by atoms with Crippen molar-refractivity contribution in [3.8, 4) is 0 Å². The number of anilines is 1.